The van der Waals surface area contributed by atoms with Crippen LogP contribution in [0.15, 0.2) is 59.4 Å². The third-order valence-corrected chi connectivity index (χ3v) is 6.21. The topological polar surface area (TPSA) is 69.4 Å². The maximum atomic E-state index is 12.8. The molecule has 1 aromatic heterocycles. The van der Waals surface area contributed by atoms with Gasteiger partial charge in [0, 0.05) is 32.6 Å². The molecule has 0 saturated carbocycles. The zero-order valence-corrected chi connectivity index (χ0v) is 18.7. The summed E-state index contributed by atoms with van der Waals surface area (Å²) in [7, 11) is 3.33. The summed E-state index contributed by atoms with van der Waals surface area (Å²) in [6, 6.07) is 17.8. The first-order chi connectivity index (χ1) is 15.5. The van der Waals surface area contributed by atoms with Gasteiger partial charge in [-0.1, -0.05) is 42.5 Å². The van der Waals surface area contributed by atoms with Gasteiger partial charge in [0.1, 0.15) is 11.6 Å². The molecule has 3 aromatic rings. The van der Waals surface area contributed by atoms with E-state index in [1.807, 2.05) is 51.9 Å². The summed E-state index contributed by atoms with van der Waals surface area (Å²) in [5.41, 5.74) is 2.08. The number of amides is 1. The zero-order chi connectivity index (χ0) is 22.5. The minimum absolute atomic E-state index is 0.0764. The van der Waals surface area contributed by atoms with E-state index in [2.05, 4.69) is 17.2 Å². The zero-order valence-electron chi connectivity index (χ0n) is 18.7. The number of likely N-dealkylation sites (tertiary alicyclic amines) is 1. The Balaban J connectivity index is 1.39. The number of ether oxygens (including phenoxy) is 1. The van der Waals surface area contributed by atoms with Crippen LogP contribution in [0.1, 0.15) is 35.7 Å². The van der Waals surface area contributed by atoms with Crippen molar-refractivity contribution in [3.8, 4) is 5.75 Å². The van der Waals surface area contributed by atoms with E-state index < -0.39 is 0 Å². The molecular weight excluding hydrogens is 404 g/mol. The summed E-state index contributed by atoms with van der Waals surface area (Å²) in [6.07, 6.45) is 2.78. The predicted octanol–water partition coefficient (Wildman–Crippen LogP) is 2.78. The highest BCUT2D eigenvalue weighted by Crippen LogP contribution is 2.27. The molecule has 1 saturated heterocycles. The quantitative estimate of drug-likeness (QED) is 0.573. The molecule has 0 aliphatic carbocycles. The van der Waals surface area contributed by atoms with Crippen molar-refractivity contribution in [3.05, 3.63) is 82.0 Å². The van der Waals surface area contributed by atoms with Gasteiger partial charge in [-0.3, -0.25) is 9.36 Å². The molecule has 1 aliphatic heterocycles. The van der Waals surface area contributed by atoms with E-state index in [-0.39, 0.29) is 17.5 Å². The molecule has 7 nitrogen and oxygen atoms in total. The van der Waals surface area contributed by atoms with Gasteiger partial charge < -0.3 is 9.64 Å². The van der Waals surface area contributed by atoms with Crippen LogP contribution >= 0.6 is 0 Å². The van der Waals surface area contributed by atoms with Crippen molar-refractivity contribution < 1.29 is 9.53 Å². The minimum Gasteiger partial charge on any atom is -0.497 e. The van der Waals surface area contributed by atoms with Crippen molar-refractivity contribution in [2.24, 2.45) is 7.05 Å². The first-order valence-electron chi connectivity index (χ1n) is 11.1. The van der Waals surface area contributed by atoms with Gasteiger partial charge in [0.25, 0.3) is 0 Å². The molecule has 0 bridgehead atoms. The highest BCUT2D eigenvalue weighted by atomic mass is 16.5. The molecule has 168 valence electrons. The molecule has 2 aromatic carbocycles. The molecule has 2 heterocycles. The van der Waals surface area contributed by atoms with Gasteiger partial charge in [-0.05, 0) is 42.5 Å². The summed E-state index contributed by atoms with van der Waals surface area (Å²) >= 11 is 0. The summed E-state index contributed by atoms with van der Waals surface area (Å²) < 4.78 is 8.50. The van der Waals surface area contributed by atoms with Gasteiger partial charge in [0.05, 0.1) is 13.5 Å². The van der Waals surface area contributed by atoms with E-state index in [1.165, 1.54) is 10.2 Å². The second kappa shape index (κ2) is 9.85. The maximum Gasteiger partial charge on any atom is 0.345 e. The monoisotopic (exact) mass is 434 g/mol. The van der Waals surface area contributed by atoms with Crippen molar-refractivity contribution in [1.82, 2.24) is 19.2 Å². The molecule has 0 N–H and O–H groups in total. The largest absolute Gasteiger partial charge is 0.497 e. The molecule has 1 aliphatic rings. The molecule has 0 unspecified atom stereocenters. The van der Waals surface area contributed by atoms with E-state index in [0.29, 0.717) is 26.1 Å². The first kappa shape index (κ1) is 21.9. The van der Waals surface area contributed by atoms with Crippen molar-refractivity contribution in [1.29, 1.82) is 0 Å². The van der Waals surface area contributed by atoms with E-state index in [4.69, 9.17) is 4.74 Å². The highest BCUT2D eigenvalue weighted by molar-refractivity contribution is 5.79. The number of aryl methyl sites for hydroxylation is 2. The van der Waals surface area contributed by atoms with Crippen LogP contribution in [-0.2, 0) is 31.2 Å². The summed E-state index contributed by atoms with van der Waals surface area (Å²) in [5.74, 6) is 1.91. The molecule has 32 heavy (non-hydrogen) atoms. The fourth-order valence-corrected chi connectivity index (χ4v) is 4.38. The standard InChI is InChI=1S/C25H30N4O3/c1-27-25(31)29(16-11-19-7-4-3-5-8-19)24(26-27)21-12-14-28(15-13-21)23(30)18-20-9-6-10-22(17-20)32-2/h3-10,17,21H,11-16,18H2,1-2H3. The van der Waals surface area contributed by atoms with Gasteiger partial charge in [0.2, 0.25) is 5.91 Å². The number of hydrogen-bond acceptors (Lipinski definition) is 4. The van der Waals surface area contributed by atoms with E-state index in [0.717, 1.165) is 36.4 Å². The molecule has 0 atom stereocenters. The number of benzene rings is 2. The molecule has 0 radical (unpaired) electrons. The summed E-state index contributed by atoms with van der Waals surface area (Å²) in [6.45, 7) is 1.97. The Hall–Kier alpha value is -3.35. The van der Waals surface area contributed by atoms with Crippen molar-refractivity contribution >= 4 is 5.91 Å². The number of rotatable bonds is 7. The lowest BCUT2D eigenvalue weighted by molar-refractivity contribution is -0.131. The van der Waals surface area contributed by atoms with Gasteiger partial charge >= 0.3 is 5.69 Å². The van der Waals surface area contributed by atoms with Crippen LogP contribution in [-0.4, -0.2) is 45.4 Å². The van der Waals surface area contributed by atoms with Gasteiger partial charge in [0.15, 0.2) is 0 Å². The molecule has 7 heteroatoms. The molecule has 0 spiro atoms. The van der Waals surface area contributed by atoms with Crippen LogP contribution < -0.4 is 10.4 Å². The van der Waals surface area contributed by atoms with Crippen molar-refractivity contribution in [2.75, 3.05) is 20.2 Å². The number of methoxy groups -OCH3 is 1. The molecule has 4 rings (SSSR count). The minimum atomic E-state index is -0.0764. The Morgan fingerprint density at radius 2 is 1.78 bits per heavy atom. The second-order valence-electron chi connectivity index (χ2n) is 8.33. The van der Waals surface area contributed by atoms with E-state index in [9.17, 15) is 9.59 Å². The lowest BCUT2D eigenvalue weighted by atomic mass is 9.95. The predicted molar refractivity (Wildman–Crippen MR) is 123 cm³/mol. The Morgan fingerprint density at radius 1 is 1.06 bits per heavy atom. The molecule has 1 amide bonds. The SMILES string of the molecule is COc1cccc(CC(=O)N2CCC(c3nn(C)c(=O)n3CCc3ccccc3)CC2)c1. The number of carbonyl (C=O) groups is 1. The third kappa shape index (κ3) is 4.93. The van der Waals surface area contributed by atoms with Crippen LogP contribution in [0.5, 0.6) is 5.75 Å². The van der Waals surface area contributed by atoms with Crippen LogP contribution in [0.4, 0.5) is 0 Å². The Bertz CT molecular complexity index is 1110. The lowest BCUT2D eigenvalue weighted by Crippen LogP contribution is -2.39. The highest BCUT2D eigenvalue weighted by Gasteiger charge is 2.28. The fraction of sp³-hybridized carbons (Fsp3) is 0.400. The number of hydrogen-bond donors (Lipinski definition) is 0. The van der Waals surface area contributed by atoms with Crippen LogP contribution in [0, 0.1) is 0 Å². The Kier molecular flexibility index (Phi) is 6.73. The fourth-order valence-electron chi connectivity index (χ4n) is 4.38. The van der Waals surface area contributed by atoms with Gasteiger partial charge in [-0.15, -0.1) is 0 Å². The van der Waals surface area contributed by atoms with Crippen LogP contribution in [0.2, 0.25) is 0 Å². The maximum absolute atomic E-state index is 12.8. The van der Waals surface area contributed by atoms with Crippen molar-refractivity contribution in [3.63, 3.8) is 0 Å². The molecular formula is C25H30N4O3. The number of carbonyl (C=O) groups excluding carboxylic acids is 1. The van der Waals surface area contributed by atoms with E-state index >= 15 is 0 Å². The number of piperidine rings is 1. The average Bonchev–Trinajstić information content (AvgIpc) is 3.12. The van der Waals surface area contributed by atoms with Crippen LogP contribution in [0.25, 0.3) is 0 Å². The summed E-state index contributed by atoms with van der Waals surface area (Å²) in [4.78, 5) is 27.4. The van der Waals surface area contributed by atoms with Gasteiger partial charge in [-0.25, -0.2) is 9.48 Å². The molecule has 1 fully saturated rings. The Labute approximate surface area is 188 Å². The summed E-state index contributed by atoms with van der Waals surface area (Å²) in [5, 5.41) is 4.55. The van der Waals surface area contributed by atoms with Gasteiger partial charge in [-0.2, -0.15) is 5.10 Å². The number of nitrogens with zero attached hydrogens (tertiary/aromatic N) is 4. The normalized spacial score (nSPS) is 14.5. The Morgan fingerprint density at radius 3 is 2.50 bits per heavy atom. The lowest BCUT2D eigenvalue weighted by Gasteiger charge is -2.31. The van der Waals surface area contributed by atoms with Crippen molar-refractivity contribution in [2.45, 2.75) is 38.1 Å². The smallest absolute Gasteiger partial charge is 0.345 e. The second-order valence-corrected chi connectivity index (χ2v) is 8.33. The average molecular weight is 435 g/mol. The third-order valence-electron chi connectivity index (χ3n) is 6.21. The first-order valence-corrected chi connectivity index (χ1v) is 11.1. The van der Waals surface area contributed by atoms with Crippen LogP contribution in [0.3, 0.4) is 0 Å². The van der Waals surface area contributed by atoms with E-state index in [1.54, 1.807) is 14.2 Å². The number of aromatic nitrogens is 3.